The van der Waals surface area contributed by atoms with Gasteiger partial charge in [-0.1, -0.05) is 6.07 Å². The van der Waals surface area contributed by atoms with Gasteiger partial charge in [-0.3, -0.25) is 39.0 Å². The zero-order valence-electron chi connectivity index (χ0n) is 33.3. The van der Waals surface area contributed by atoms with Gasteiger partial charge in [0, 0.05) is 42.2 Å². The molecule has 0 spiro atoms. The number of hydrogen-bond acceptors (Lipinski definition) is 13. The lowest BCUT2D eigenvalue weighted by molar-refractivity contribution is -0.140. The van der Waals surface area contributed by atoms with E-state index in [2.05, 4.69) is 46.6 Å². The topological polar surface area (TPSA) is 240 Å². The standard InChI is InChI=1S/C42H35F3N12O7/c43-42(44,45)35-29(51-37(60)30-19-64-39(52-30)24-12-13-46-32(14-24)48-15-22-4-5-22)18-56(54-35)26-8-6-23(7-9-26)36(59)50-21-55-17-25(49-20-55)16-47-28-3-1-2-27-34(28)41(63)57(40(27)62)31-10-11-33(58)53-38(31)61/h1-3,6-9,12-14,17-20,22,31,47H,4-5,10-11,15-16,21H2,(H,46,48)(H,50,59)(H,51,60)(H,53,58,61). The van der Waals surface area contributed by atoms with Crippen molar-refractivity contribution in [1.29, 1.82) is 0 Å². The molecule has 1 unspecified atom stereocenters. The van der Waals surface area contributed by atoms with Gasteiger partial charge in [-0.15, -0.1) is 0 Å². The maximum Gasteiger partial charge on any atom is 0.437 e. The first-order valence-electron chi connectivity index (χ1n) is 19.9. The Hall–Kier alpha value is -8.17. The second-order valence-corrected chi connectivity index (χ2v) is 15.2. The quantitative estimate of drug-likeness (QED) is 0.0941. The molecule has 4 aromatic heterocycles. The van der Waals surface area contributed by atoms with Crippen LogP contribution in [0.4, 0.5) is 30.4 Å². The van der Waals surface area contributed by atoms with Crippen molar-refractivity contribution in [1.82, 2.24) is 44.8 Å². The van der Waals surface area contributed by atoms with E-state index in [9.17, 15) is 41.9 Å². The summed E-state index contributed by atoms with van der Waals surface area (Å²) in [4.78, 5) is 90.4. The van der Waals surface area contributed by atoms with Crippen molar-refractivity contribution >= 4 is 52.6 Å². The summed E-state index contributed by atoms with van der Waals surface area (Å²) in [5.74, 6) is -2.65. The normalized spacial score (nSPS) is 16.1. The smallest absolute Gasteiger partial charge is 0.437 e. The van der Waals surface area contributed by atoms with Gasteiger partial charge in [-0.2, -0.15) is 18.3 Å². The Labute approximate surface area is 359 Å². The molecule has 6 aromatic rings. The third-order valence-electron chi connectivity index (χ3n) is 10.7. The molecule has 326 valence electrons. The van der Waals surface area contributed by atoms with Crippen LogP contribution in [-0.4, -0.2) is 82.2 Å². The highest BCUT2D eigenvalue weighted by molar-refractivity contribution is 6.25. The van der Waals surface area contributed by atoms with Gasteiger partial charge >= 0.3 is 6.18 Å². The summed E-state index contributed by atoms with van der Waals surface area (Å²) >= 11 is 0. The Morgan fingerprint density at radius 1 is 0.906 bits per heavy atom. The lowest BCUT2D eigenvalue weighted by atomic mass is 10.0. The zero-order valence-corrected chi connectivity index (χ0v) is 33.3. The minimum atomic E-state index is -4.94. The van der Waals surface area contributed by atoms with Gasteiger partial charge in [0.05, 0.1) is 53.9 Å². The van der Waals surface area contributed by atoms with Gasteiger partial charge in [0.2, 0.25) is 17.7 Å². The minimum absolute atomic E-state index is 0.00179. The number of halogens is 3. The number of benzene rings is 2. The third-order valence-corrected chi connectivity index (χ3v) is 10.7. The summed E-state index contributed by atoms with van der Waals surface area (Å²) in [5.41, 5.74) is -0.280. The summed E-state index contributed by atoms with van der Waals surface area (Å²) in [7, 11) is 0. The highest BCUT2D eigenvalue weighted by atomic mass is 19.4. The monoisotopic (exact) mass is 876 g/mol. The number of imide groups is 2. The van der Waals surface area contributed by atoms with E-state index < -0.39 is 59.0 Å². The first kappa shape index (κ1) is 41.2. The summed E-state index contributed by atoms with van der Waals surface area (Å²) < 4.78 is 50.3. The van der Waals surface area contributed by atoms with Gasteiger partial charge in [0.15, 0.2) is 11.4 Å². The number of carbonyl (C=O) groups excluding carboxylic acids is 6. The molecule has 6 heterocycles. The molecule has 5 N–H and O–H groups in total. The molecule has 2 aliphatic heterocycles. The van der Waals surface area contributed by atoms with Crippen molar-refractivity contribution in [2.45, 2.75) is 51.1 Å². The lowest BCUT2D eigenvalue weighted by Crippen LogP contribution is -2.54. The molecule has 64 heavy (non-hydrogen) atoms. The number of nitrogens with zero attached hydrogens (tertiary/aromatic N) is 7. The number of alkyl halides is 3. The molecule has 2 fully saturated rings. The second-order valence-electron chi connectivity index (χ2n) is 15.2. The van der Waals surface area contributed by atoms with Crippen LogP contribution in [0.1, 0.15) is 78.6 Å². The summed E-state index contributed by atoms with van der Waals surface area (Å²) in [6, 6.07) is 12.5. The van der Waals surface area contributed by atoms with Gasteiger partial charge in [-0.05, 0) is 73.7 Å². The summed E-state index contributed by atoms with van der Waals surface area (Å²) in [5, 5.41) is 17.1. The maximum atomic E-state index is 14.1. The van der Waals surface area contributed by atoms with E-state index in [1.54, 1.807) is 41.2 Å². The number of imidazole rings is 1. The van der Waals surface area contributed by atoms with Crippen LogP contribution in [0.25, 0.3) is 17.1 Å². The largest absolute Gasteiger partial charge is 0.444 e. The SMILES string of the molecule is O=C1CCC(N2C(=O)c3cccc(NCc4cn(CNC(=O)c5ccc(-n6cc(NC(=O)c7coc(-c8ccnc(NCC9CC9)c8)n7)c(C(F)(F)F)n6)cc5)cn4)c3C2=O)C(=O)N1. The fraction of sp³-hybridized carbons (Fsp3) is 0.238. The van der Waals surface area contributed by atoms with Crippen molar-refractivity contribution in [3.63, 3.8) is 0 Å². The Morgan fingerprint density at radius 3 is 2.48 bits per heavy atom. The highest BCUT2D eigenvalue weighted by Gasteiger charge is 2.45. The Bertz CT molecular complexity index is 2850. The zero-order chi connectivity index (χ0) is 44.7. The molecule has 0 bridgehead atoms. The molecule has 1 saturated heterocycles. The number of carbonyl (C=O) groups is 6. The van der Waals surface area contributed by atoms with Crippen molar-refractivity contribution in [2.24, 2.45) is 5.92 Å². The van der Waals surface area contributed by atoms with Crippen LogP contribution in [0.2, 0.25) is 0 Å². The Morgan fingerprint density at radius 2 is 1.72 bits per heavy atom. The van der Waals surface area contributed by atoms with E-state index in [0.717, 1.165) is 41.4 Å². The molecule has 22 heteroatoms. The number of pyridine rings is 1. The van der Waals surface area contributed by atoms with E-state index in [4.69, 9.17) is 4.42 Å². The van der Waals surface area contributed by atoms with E-state index in [0.29, 0.717) is 28.7 Å². The molecule has 6 amide bonds. The van der Waals surface area contributed by atoms with Gasteiger partial charge in [-0.25, -0.2) is 19.6 Å². The van der Waals surface area contributed by atoms with Crippen molar-refractivity contribution in [3.05, 3.63) is 120 Å². The molecule has 0 radical (unpaired) electrons. The molecular formula is C42H35F3N12O7. The predicted octanol–water partition coefficient (Wildman–Crippen LogP) is 4.61. The third kappa shape index (κ3) is 8.52. The number of anilines is 3. The van der Waals surface area contributed by atoms with Crippen LogP contribution in [0.5, 0.6) is 0 Å². The number of hydrogen-bond donors (Lipinski definition) is 5. The summed E-state index contributed by atoms with van der Waals surface area (Å²) in [6.07, 6.45) is 4.10. The van der Waals surface area contributed by atoms with Gasteiger partial charge < -0.3 is 30.3 Å². The van der Waals surface area contributed by atoms with E-state index >= 15 is 0 Å². The van der Waals surface area contributed by atoms with Crippen LogP contribution in [0.3, 0.4) is 0 Å². The van der Waals surface area contributed by atoms with Crippen LogP contribution in [0, 0.1) is 5.92 Å². The maximum absolute atomic E-state index is 14.1. The second kappa shape index (κ2) is 16.6. The Balaban J connectivity index is 0.800. The number of aromatic nitrogens is 6. The van der Waals surface area contributed by atoms with E-state index in [1.165, 1.54) is 36.7 Å². The number of oxazole rings is 1. The van der Waals surface area contributed by atoms with Crippen molar-refractivity contribution < 1.29 is 46.4 Å². The molecule has 2 aromatic carbocycles. The number of piperidine rings is 1. The summed E-state index contributed by atoms with van der Waals surface area (Å²) in [6.45, 7) is 0.893. The van der Waals surface area contributed by atoms with Crippen LogP contribution in [-0.2, 0) is 29.0 Å². The number of fused-ring (bicyclic) bond motifs is 1. The lowest BCUT2D eigenvalue weighted by Gasteiger charge is -2.27. The van der Waals surface area contributed by atoms with E-state index in [1.807, 2.05) is 0 Å². The molecule has 9 rings (SSSR count). The predicted molar refractivity (Wildman–Crippen MR) is 218 cm³/mol. The average molecular weight is 877 g/mol. The average Bonchev–Trinajstić information content (AvgIpc) is 3.58. The van der Waals surface area contributed by atoms with Gasteiger partial charge in [0.25, 0.3) is 23.6 Å². The fourth-order valence-corrected chi connectivity index (χ4v) is 7.20. The number of amides is 6. The fourth-order valence-electron chi connectivity index (χ4n) is 7.20. The van der Waals surface area contributed by atoms with Crippen molar-refractivity contribution in [2.75, 3.05) is 22.5 Å². The van der Waals surface area contributed by atoms with Crippen molar-refractivity contribution in [3.8, 4) is 17.1 Å². The molecule has 1 aliphatic carbocycles. The molecule has 3 aliphatic rings. The first-order valence-corrected chi connectivity index (χ1v) is 19.9. The molecule has 1 atom stereocenters. The van der Waals surface area contributed by atoms with Crippen LogP contribution < -0.4 is 26.6 Å². The molecule has 1 saturated carbocycles. The van der Waals surface area contributed by atoms with E-state index in [-0.39, 0.29) is 60.0 Å². The molecular weight excluding hydrogens is 842 g/mol. The molecule has 19 nitrogen and oxygen atoms in total. The number of nitrogens with one attached hydrogen (secondary N) is 5. The van der Waals surface area contributed by atoms with Gasteiger partial charge in [0.1, 0.15) is 18.1 Å². The minimum Gasteiger partial charge on any atom is -0.444 e. The van der Waals surface area contributed by atoms with Crippen LogP contribution >= 0.6 is 0 Å². The number of rotatable bonds is 14. The highest BCUT2D eigenvalue weighted by Crippen LogP contribution is 2.36. The van der Waals surface area contributed by atoms with Crippen LogP contribution in [0.15, 0.2) is 90.2 Å². The Kier molecular flexibility index (Phi) is 10.7. The first-order chi connectivity index (χ1) is 30.8.